The summed E-state index contributed by atoms with van der Waals surface area (Å²) < 4.78 is 5.25. The first kappa shape index (κ1) is 9.49. The highest BCUT2D eigenvalue weighted by Crippen LogP contribution is 2.31. The third-order valence-corrected chi connectivity index (χ3v) is 2.30. The average molecular weight is 226 g/mol. The van der Waals surface area contributed by atoms with Crippen molar-refractivity contribution < 1.29 is 4.42 Å². The Kier molecular flexibility index (Phi) is 2.44. The van der Waals surface area contributed by atoms with E-state index in [-0.39, 0.29) is 0 Å². The normalized spacial score (nSPS) is 10.4. The van der Waals surface area contributed by atoms with Gasteiger partial charge >= 0.3 is 0 Å². The van der Waals surface area contributed by atoms with Crippen LogP contribution in [0.1, 0.15) is 6.92 Å². The minimum atomic E-state index is 0.642. The summed E-state index contributed by atoms with van der Waals surface area (Å²) in [7, 11) is 0. The number of hydrogen-bond acceptors (Lipinski definition) is 2. The Morgan fingerprint density at radius 2 is 2.21 bits per heavy atom. The van der Waals surface area contributed by atoms with Crippen molar-refractivity contribution in [3.63, 3.8) is 0 Å². The summed E-state index contributed by atoms with van der Waals surface area (Å²) in [6, 6.07) is 5.48. The Morgan fingerprint density at radius 1 is 1.43 bits per heavy atom. The number of benzene rings is 1. The molecule has 0 aliphatic rings. The van der Waals surface area contributed by atoms with E-state index in [2.05, 4.69) is 5.32 Å². The fourth-order valence-electron chi connectivity index (χ4n) is 1.32. The van der Waals surface area contributed by atoms with E-state index in [0.717, 1.165) is 16.7 Å². The maximum absolute atomic E-state index is 6.04. The molecule has 1 aromatic carbocycles. The zero-order valence-electron chi connectivity index (χ0n) is 7.50. The van der Waals surface area contributed by atoms with Crippen molar-refractivity contribution in [3.8, 4) is 0 Å². The summed E-state index contributed by atoms with van der Waals surface area (Å²) in [5, 5.41) is 4.63. The van der Waals surface area contributed by atoms with Crippen LogP contribution in [0.25, 0.3) is 11.0 Å². The Bertz CT molecular complexity index is 492. The minimum Gasteiger partial charge on any atom is -0.464 e. The number of thiocarbonyl (C=S) groups is 1. The molecule has 1 N–H and O–H groups in total. The summed E-state index contributed by atoms with van der Waals surface area (Å²) in [5.74, 6) is 0. The standard InChI is InChI=1S/C10H8ClNOS/c1-6(14)12-10-7-4-5-13-9(7)3-2-8(10)11/h2-5H,1H3,(H,12,14). The lowest BCUT2D eigenvalue weighted by Gasteiger charge is -2.06. The summed E-state index contributed by atoms with van der Waals surface area (Å²) in [6.45, 7) is 1.81. The van der Waals surface area contributed by atoms with E-state index in [0.29, 0.717) is 10.0 Å². The van der Waals surface area contributed by atoms with Crippen LogP contribution in [0.15, 0.2) is 28.9 Å². The van der Waals surface area contributed by atoms with E-state index in [1.165, 1.54) is 0 Å². The monoisotopic (exact) mass is 225 g/mol. The van der Waals surface area contributed by atoms with Crippen molar-refractivity contribution >= 4 is 45.5 Å². The molecule has 2 rings (SSSR count). The predicted octanol–water partition coefficient (Wildman–Crippen LogP) is 3.85. The molecule has 14 heavy (non-hydrogen) atoms. The minimum absolute atomic E-state index is 0.642. The maximum Gasteiger partial charge on any atom is 0.136 e. The SMILES string of the molecule is CC(=S)Nc1c(Cl)ccc2occc12. The fraction of sp³-hybridized carbons (Fsp3) is 0.100. The third-order valence-electron chi connectivity index (χ3n) is 1.89. The maximum atomic E-state index is 6.04. The molecule has 4 heteroatoms. The van der Waals surface area contributed by atoms with Crippen molar-refractivity contribution in [2.45, 2.75) is 6.92 Å². The molecule has 0 atom stereocenters. The Labute approximate surface area is 91.8 Å². The smallest absolute Gasteiger partial charge is 0.136 e. The van der Waals surface area contributed by atoms with Crippen LogP contribution in [-0.4, -0.2) is 4.99 Å². The topological polar surface area (TPSA) is 25.2 Å². The number of nitrogens with one attached hydrogen (secondary N) is 1. The molecule has 0 fully saturated rings. The van der Waals surface area contributed by atoms with Gasteiger partial charge in [-0.05, 0) is 25.1 Å². The van der Waals surface area contributed by atoms with Crippen LogP contribution < -0.4 is 5.32 Å². The second-order valence-electron chi connectivity index (χ2n) is 2.94. The molecule has 0 amide bonds. The van der Waals surface area contributed by atoms with Gasteiger partial charge in [0.1, 0.15) is 5.58 Å². The third kappa shape index (κ3) is 1.61. The Balaban J connectivity index is 2.64. The van der Waals surface area contributed by atoms with Gasteiger partial charge in [-0.3, -0.25) is 0 Å². The molecule has 0 bridgehead atoms. The molecule has 0 aliphatic heterocycles. The van der Waals surface area contributed by atoms with Gasteiger partial charge in [-0.25, -0.2) is 0 Å². The van der Waals surface area contributed by atoms with Gasteiger partial charge < -0.3 is 9.73 Å². The second kappa shape index (κ2) is 3.59. The zero-order chi connectivity index (χ0) is 10.1. The van der Waals surface area contributed by atoms with E-state index in [4.69, 9.17) is 28.2 Å². The highest BCUT2D eigenvalue weighted by Gasteiger charge is 2.07. The summed E-state index contributed by atoms with van der Waals surface area (Å²) in [4.78, 5) is 0.681. The van der Waals surface area contributed by atoms with E-state index in [1.54, 1.807) is 12.3 Å². The Morgan fingerprint density at radius 3 is 2.93 bits per heavy atom. The van der Waals surface area contributed by atoms with Gasteiger partial charge in [0, 0.05) is 5.39 Å². The second-order valence-corrected chi connectivity index (χ2v) is 3.96. The van der Waals surface area contributed by atoms with Crippen molar-refractivity contribution in [1.82, 2.24) is 0 Å². The van der Waals surface area contributed by atoms with Gasteiger partial charge in [-0.15, -0.1) is 0 Å². The lowest BCUT2D eigenvalue weighted by molar-refractivity contribution is 0.616. The first-order chi connectivity index (χ1) is 6.68. The van der Waals surface area contributed by atoms with Crippen LogP contribution in [0.5, 0.6) is 0 Å². The number of anilines is 1. The number of rotatable bonds is 1. The molecule has 0 spiro atoms. The van der Waals surface area contributed by atoms with Gasteiger partial charge in [0.15, 0.2) is 0 Å². The summed E-state index contributed by atoms with van der Waals surface area (Å²) >= 11 is 11.0. The quantitative estimate of drug-likeness (QED) is 0.747. The van der Waals surface area contributed by atoms with Crippen LogP contribution in [0.4, 0.5) is 5.69 Å². The molecule has 1 aromatic heterocycles. The largest absolute Gasteiger partial charge is 0.464 e. The van der Waals surface area contributed by atoms with Gasteiger partial charge in [0.25, 0.3) is 0 Å². The van der Waals surface area contributed by atoms with Crippen molar-refractivity contribution in [2.75, 3.05) is 5.32 Å². The molecule has 1 heterocycles. The number of hydrogen-bond donors (Lipinski definition) is 1. The fourth-order valence-corrected chi connectivity index (χ4v) is 1.63. The highest BCUT2D eigenvalue weighted by molar-refractivity contribution is 7.80. The molecule has 2 nitrogen and oxygen atoms in total. The highest BCUT2D eigenvalue weighted by atomic mass is 35.5. The Hall–Kier alpha value is -1.06. The molecule has 0 unspecified atom stereocenters. The van der Waals surface area contributed by atoms with Crippen LogP contribution in [0.2, 0.25) is 5.02 Å². The molecule has 2 aromatic rings. The lowest BCUT2D eigenvalue weighted by Crippen LogP contribution is -2.03. The first-order valence-electron chi connectivity index (χ1n) is 4.12. The molecule has 0 saturated heterocycles. The van der Waals surface area contributed by atoms with E-state index >= 15 is 0 Å². The van der Waals surface area contributed by atoms with E-state index < -0.39 is 0 Å². The number of halogens is 1. The molecule has 0 radical (unpaired) electrons. The average Bonchev–Trinajstić information content (AvgIpc) is 2.57. The number of furan rings is 1. The predicted molar refractivity (Wildman–Crippen MR) is 63.1 cm³/mol. The molecule has 72 valence electrons. The lowest BCUT2D eigenvalue weighted by atomic mass is 10.2. The molecule has 0 saturated carbocycles. The van der Waals surface area contributed by atoms with Gasteiger partial charge in [0.05, 0.1) is 22.0 Å². The summed E-state index contributed by atoms with van der Waals surface area (Å²) in [6.07, 6.45) is 1.63. The molecular formula is C10H8ClNOS. The molecular weight excluding hydrogens is 218 g/mol. The van der Waals surface area contributed by atoms with Crippen LogP contribution >= 0.6 is 23.8 Å². The van der Waals surface area contributed by atoms with E-state index in [1.807, 2.05) is 19.1 Å². The van der Waals surface area contributed by atoms with Crippen molar-refractivity contribution in [2.24, 2.45) is 0 Å². The summed E-state index contributed by atoms with van der Waals surface area (Å²) in [5.41, 5.74) is 1.61. The van der Waals surface area contributed by atoms with Crippen LogP contribution in [0.3, 0.4) is 0 Å². The zero-order valence-corrected chi connectivity index (χ0v) is 9.08. The van der Waals surface area contributed by atoms with Crippen LogP contribution in [-0.2, 0) is 0 Å². The van der Waals surface area contributed by atoms with Crippen molar-refractivity contribution in [1.29, 1.82) is 0 Å². The van der Waals surface area contributed by atoms with E-state index in [9.17, 15) is 0 Å². The van der Waals surface area contributed by atoms with Gasteiger partial charge in [0.2, 0.25) is 0 Å². The molecule has 0 aliphatic carbocycles. The van der Waals surface area contributed by atoms with Gasteiger partial charge in [-0.1, -0.05) is 23.8 Å². The van der Waals surface area contributed by atoms with Gasteiger partial charge in [-0.2, -0.15) is 0 Å². The first-order valence-corrected chi connectivity index (χ1v) is 4.90. The number of fused-ring (bicyclic) bond motifs is 1. The van der Waals surface area contributed by atoms with Crippen LogP contribution in [0, 0.1) is 0 Å². The van der Waals surface area contributed by atoms with Crippen molar-refractivity contribution in [3.05, 3.63) is 29.5 Å².